The van der Waals surface area contributed by atoms with Gasteiger partial charge in [-0.2, -0.15) is 0 Å². The Hall–Kier alpha value is -17.5. The summed E-state index contributed by atoms with van der Waals surface area (Å²) in [6.45, 7) is 21.7. The van der Waals surface area contributed by atoms with Gasteiger partial charge in [-0.25, -0.2) is 0 Å². The Morgan fingerprint density at radius 3 is 0.673 bits per heavy atom. The molecule has 0 unspecified atom stereocenters. The molecule has 30 rings (SSSR count). The van der Waals surface area contributed by atoms with E-state index >= 15 is 0 Å². The maximum atomic E-state index is 6.41. The summed E-state index contributed by atoms with van der Waals surface area (Å²) in [5.41, 5.74) is 33.9. The smallest absolute Gasteiger partial charge is 0.143 e. The summed E-state index contributed by atoms with van der Waals surface area (Å²) in [7, 11) is -4.27. The molecule has 30 aromatic rings. The molecule has 0 radical (unpaired) electrons. The zero-order valence-corrected chi connectivity index (χ0v) is 86.2. The zero-order chi connectivity index (χ0) is 98.6. The maximum absolute atomic E-state index is 6.41. The first-order valence-corrected chi connectivity index (χ1v) is 61.6. The second-order valence-corrected chi connectivity index (χ2v) is 57.8. The number of furan rings is 3. The minimum absolute atomic E-state index is 0.918. The molecule has 0 aliphatic rings. The van der Waals surface area contributed by atoms with Crippen LogP contribution < -0.4 is 15.6 Å². The monoisotopic (exact) mass is 1940 g/mol. The first-order chi connectivity index (χ1) is 71.9. The molecule has 0 saturated heterocycles. The van der Waals surface area contributed by atoms with E-state index in [-0.39, 0.29) is 0 Å². The van der Waals surface area contributed by atoms with Gasteiger partial charge in [0, 0.05) is 148 Å². The molecular formula is C135H102N6O3Si3. The van der Waals surface area contributed by atoms with Crippen molar-refractivity contribution in [3.63, 3.8) is 0 Å². The van der Waals surface area contributed by atoms with Crippen LogP contribution in [0.25, 0.3) is 264 Å². The molecule has 0 amide bonds. The second-order valence-electron chi connectivity index (χ2n) is 42.6. The van der Waals surface area contributed by atoms with Crippen molar-refractivity contribution in [1.82, 2.24) is 27.4 Å². The lowest BCUT2D eigenvalue weighted by Gasteiger charge is -2.18. The summed E-state index contributed by atoms with van der Waals surface area (Å²) in [5, 5.41) is 26.5. The third-order valence-corrected chi connectivity index (χ3v) is 37.1. The summed E-state index contributed by atoms with van der Waals surface area (Å²) in [5.74, 6) is 0. The average molecular weight is 1940 g/mol. The Morgan fingerprint density at radius 1 is 0.150 bits per heavy atom. The van der Waals surface area contributed by atoms with Crippen LogP contribution in [0.2, 0.25) is 58.9 Å². The highest BCUT2D eigenvalue weighted by molar-refractivity contribution is 6.89. The number of aromatic nitrogens is 6. The van der Waals surface area contributed by atoms with E-state index < -0.39 is 24.2 Å². The van der Waals surface area contributed by atoms with Gasteiger partial charge in [0.05, 0.1) is 90.4 Å². The fourth-order valence-corrected chi connectivity index (χ4v) is 27.3. The molecule has 0 spiro atoms. The van der Waals surface area contributed by atoms with Crippen LogP contribution in [0.4, 0.5) is 0 Å². The van der Waals surface area contributed by atoms with Gasteiger partial charge in [-0.3, -0.25) is 0 Å². The Morgan fingerprint density at radius 2 is 0.367 bits per heavy atom. The first kappa shape index (κ1) is 87.3. The lowest BCUT2D eigenvalue weighted by Crippen LogP contribution is -2.37. The number of hydrogen-bond donors (Lipinski definition) is 0. The van der Waals surface area contributed by atoms with Gasteiger partial charge < -0.3 is 40.7 Å². The third-order valence-electron chi connectivity index (χ3n) is 30.9. The Bertz CT molecular complexity index is 10600. The standard InChI is InChI=1S/3C45H34N2OSi/c1-49(2,3)32-25-23-31(24-26-32)47-39-17-8-5-13-37(39)44-41(47)28-27-40-43(44)36-12-4-7-16-38(36)46(40)30-21-19-29(20-22-30)33-14-10-15-35-34-11-6-9-18-42(34)48-45(33)35;1-49(2,3)32-25-23-31(24-26-32)47-39-16-7-4-11-34(39)36-27-28-41-43(44(36)47)38-13-5-8-17-40(38)46(41)30-21-19-29(20-22-30)33-14-10-15-37-35-12-6-9-18-42(35)48-45(33)37;1-49(2,3)32-25-23-31(24-26-32)47-41-17-8-5-12-35(41)38-28-27-37-34-11-4-7-16-40(34)46(43(37)44(38)47)30-21-19-29(20-22-30)33-14-10-15-39-36-13-6-9-18-42(36)48-45(33)39/h3*4-28H,1-3H3. The van der Waals surface area contributed by atoms with Crippen LogP contribution in [0, 0.1) is 0 Å². The van der Waals surface area contributed by atoms with E-state index in [0.717, 1.165) is 116 Å². The van der Waals surface area contributed by atoms with E-state index in [2.05, 4.69) is 505 Å². The summed E-state index contributed by atoms with van der Waals surface area (Å²) in [6, 6.07) is 166. The largest absolute Gasteiger partial charge is 0.455 e. The van der Waals surface area contributed by atoms with Crippen LogP contribution in [0.1, 0.15) is 0 Å². The Balaban J connectivity index is 0.000000107. The minimum Gasteiger partial charge on any atom is -0.455 e. The van der Waals surface area contributed by atoms with Crippen LogP contribution in [0.5, 0.6) is 0 Å². The van der Waals surface area contributed by atoms with Gasteiger partial charge in [-0.15, -0.1) is 0 Å². The van der Waals surface area contributed by atoms with Crippen LogP contribution >= 0.6 is 0 Å². The number of rotatable bonds is 12. The first-order valence-electron chi connectivity index (χ1n) is 51.1. The fourth-order valence-electron chi connectivity index (χ4n) is 23.8. The molecule has 9 aromatic heterocycles. The number of benzene rings is 21. The van der Waals surface area contributed by atoms with Crippen molar-refractivity contribution < 1.29 is 13.3 Å². The molecule has 0 aliphatic heterocycles. The van der Waals surface area contributed by atoms with E-state index in [1.807, 2.05) is 36.4 Å². The molecule has 0 atom stereocenters. The molecule has 12 heteroatoms. The van der Waals surface area contributed by atoms with Crippen molar-refractivity contribution in [3.05, 3.63) is 455 Å². The molecule has 9 nitrogen and oxygen atoms in total. The van der Waals surface area contributed by atoms with Crippen LogP contribution in [0.3, 0.4) is 0 Å². The Labute approximate surface area is 852 Å². The topological polar surface area (TPSA) is 69.0 Å². The van der Waals surface area contributed by atoms with Crippen molar-refractivity contribution in [3.8, 4) is 67.5 Å². The highest BCUT2D eigenvalue weighted by Gasteiger charge is 2.30. The lowest BCUT2D eigenvalue weighted by atomic mass is 10.0. The molecule has 702 valence electrons. The van der Waals surface area contributed by atoms with Gasteiger partial charge in [-0.1, -0.05) is 384 Å². The van der Waals surface area contributed by atoms with E-state index in [4.69, 9.17) is 13.3 Å². The van der Waals surface area contributed by atoms with Gasteiger partial charge in [0.2, 0.25) is 0 Å². The number of fused-ring (bicyclic) bond motifs is 30. The minimum atomic E-state index is -1.44. The van der Waals surface area contributed by atoms with E-state index in [9.17, 15) is 0 Å². The number of hydrogen-bond acceptors (Lipinski definition) is 3. The van der Waals surface area contributed by atoms with E-state index in [0.29, 0.717) is 0 Å². The molecule has 147 heavy (non-hydrogen) atoms. The fraction of sp³-hybridized carbons (Fsp3) is 0.0667. The second kappa shape index (κ2) is 33.5. The van der Waals surface area contributed by atoms with Crippen LogP contribution in [-0.4, -0.2) is 51.6 Å². The SMILES string of the molecule is C[Si](C)(C)c1ccc(-n2c3ccccc3c3c4c5ccccc5n(-c5ccc(-c6cccc7c6oc6ccccc67)cc5)c4ccc32)cc1.C[Si](C)(C)c1ccc(-n2c3ccccc3c3ccc4c(c5ccccc5n4-c4ccc(-c5cccc6c5oc5ccccc56)cc4)c32)cc1.C[Si](C)(C)c1ccc(-n2c3ccccc3c3ccc4c5ccccc5n(-c5ccc(-c6cccc7c6oc6ccccc67)cc5)c4c32)cc1. The average Bonchev–Trinajstić information content (AvgIpc) is 1.55. The van der Waals surface area contributed by atoms with Gasteiger partial charge in [0.25, 0.3) is 0 Å². The molecule has 9 heterocycles. The molecule has 0 saturated carbocycles. The molecule has 0 fully saturated rings. The highest BCUT2D eigenvalue weighted by atomic mass is 28.3. The molecule has 0 aliphatic carbocycles. The summed E-state index contributed by atoms with van der Waals surface area (Å²) in [6.07, 6.45) is 0. The summed E-state index contributed by atoms with van der Waals surface area (Å²) in [4.78, 5) is 0. The van der Waals surface area contributed by atoms with Crippen LogP contribution in [-0.2, 0) is 0 Å². The van der Waals surface area contributed by atoms with E-state index in [1.54, 1.807) is 0 Å². The predicted octanol–water partition coefficient (Wildman–Crippen LogP) is 36.0. The summed E-state index contributed by atoms with van der Waals surface area (Å²) >= 11 is 0. The van der Waals surface area contributed by atoms with Crippen molar-refractivity contribution >= 4 is 236 Å². The van der Waals surface area contributed by atoms with E-state index in [1.165, 1.54) is 163 Å². The lowest BCUT2D eigenvalue weighted by molar-refractivity contribution is 0.669. The quantitative estimate of drug-likeness (QED) is 0.114. The molecule has 0 N–H and O–H groups in total. The number of para-hydroxylation sites is 12. The van der Waals surface area contributed by atoms with Crippen molar-refractivity contribution in [1.29, 1.82) is 0 Å². The van der Waals surface area contributed by atoms with Gasteiger partial charge in [0.15, 0.2) is 0 Å². The van der Waals surface area contributed by atoms with Gasteiger partial charge in [-0.05, 0) is 162 Å². The normalized spacial score (nSPS) is 12.4. The van der Waals surface area contributed by atoms with Crippen molar-refractivity contribution in [2.24, 2.45) is 0 Å². The highest BCUT2D eigenvalue weighted by Crippen LogP contribution is 2.50. The van der Waals surface area contributed by atoms with Crippen molar-refractivity contribution in [2.75, 3.05) is 0 Å². The van der Waals surface area contributed by atoms with Gasteiger partial charge >= 0.3 is 0 Å². The molecule has 21 aromatic carbocycles. The van der Waals surface area contributed by atoms with Gasteiger partial charge in [0.1, 0.15) is 33.5 Å². The van der Waals surface area contributed by atoms with Crippen LogP contribution in [0.15, 0.2) is 468 Å². The third kappa shape index (κ3) is 13.9. The Kier molecular flexibility index (Phi) is 19.9. The summed E-state index contributed by atoms with van der Waals surface area (Å²) < 4.78 is 33.9. The zero-order valence-electron chi connectivity index (χ0n) is 83.2. The predicted molar refractivity (Wildman–Crippen MR) is 632 cm³/mol. The van der Waals surface area contributed by atoms with Crippen molar-refractivity contribution in [2.45, 2.75) is 58.9 Å². The number of nitrogens with zero attached hydrogens (tertiary/aromatic N) is 6. The molecular weight excluding hydrogens is 1840 g/mol. The maximum Gasteiger partial charge on any atom is 0.143 e. The molecule has 0 bridgehead atoms.